The average molecular weight is 473 g/mol. The number of benzene rings is 2. The van der Waals surface area contributed by atoms with Crippen LogP contribution in [0.2, 0.25) is 0 Å². The summed E-state index contributed by atoms with van der Waals surface area (Å²) in [6.45, 7) is 1.72. The lowest BCUT2D eigenvalue weighted by Crippen LogP contribution is -2.26. The van der Waals surface area contributed by atoms with Gasteiger partial charge in [0.25, 0.3) is 5.91 Å². The Hall–Kier alpha value is -3.66. The molecule has 0 spiro atoms. The normalized spacial score (nSPS) is 16.4. The van der Waals surface area contributed by atoms with Gasteiger partial charge in [-0.05, 0) is 54.1 Å². The van der Waals surface area contributed by atoms with Gasteiger partial charge in [-0.15, -0.1) is 0 Å². The van der Waals surface area contributed by atoms with E-state index in [1.54, 1.807) is 56.5 Å². The number of ether oxygens (including phenoxy) is 4. The van der Waals surface area contributed by atoms with E-state index in [2.05, 4.69) is 10.3 Å². The Balaban J connectivity index is 1.82. The van der Waals surface area contributed by atoms with E-state index < -0.39 is 12.1 Å². The van der Waals surface area contributed by atoms with Crippen molar-refractivity contribution >= 4 is 40.6 Å². The highest BCUT2D eigenvalue weighted by molar-refractivity contribution is 8.18. The number of amides is 1. The number of nitrogens with zero attached hydrogens (tertiary/aromatic N) is 1. The van der Waals surface area contributed by atoms with Crippen LogP contribution in [0, 0.1) is 0 Å². The van der Waals surface area contributed by atoms with Crippen LogP contribution in [0.25, 0.3) is 6.08 Å². The monoisotopic (exact) mass is 472 g/mol. The first-order chi connectivity index (χ1) is 15.9. The zero-order valence-corrected chi connectivity index (χ0v) is 19.4. The Kier molecular flexibility index (Phi) is 7.83. The molecule has 0 aliphatic carbocycles. The van der Waals surface area contributed by atoms with Crippen molar-refractivity contribution < 1.29 is 33.6 Å². The minimum absolute atomic E-state index is 0.289. The summed E-state index contributed by atoms with van der Waals surface area (Å²) in [5.41, 5.74) is 1.23. The molecule has 0 bridgehead atoms. The third-order valence-electron chi connectivity index (χ3n) is 4.66. The van der Waals surface area contributed by atoms with E-state index >= 15 is 0 Å². The first-order valence-electron chi connectivity index (χ1n) is 9.97. The summed E-state index contributed by atoms with van der Waals surface area (Å²) in [6.07, 6.45) is 1.02. The SMILES string of the molecule is CCC(Oc1ccc(/C=C2/SC(=Nc3ccc(OC)cc3OC)NC2=O)cc1OC)C(=O)O. The van der Waals surface area contributed by atoms with E-state index in [1.165, 1.54) is 26.0 Å². The fourth-order valence-corrected chi connectivity index (χ4v) is 3.79. The van der Waals surface area contributed by atoms with Crippen molar-refractivity contribution in [1.29, 1.82) is 0 Å². The molecule has 2 N–H and O–H groups in total. The lowest BCUT2D eigenvalue weighted by atomic mass is 10.1. The highest BCUT2D eigenvalue weighted by Crippen LogP contribution is 2.35. The number of nitrogens with one attached hydrogen (secondary N) is 1. The van der Waals surface area contributed by atoms with Crippen molar-refractivity contribution in [3.8, 4) is 23.0 Å². The first kappa shape index (κ1) is 24.0. The lowest BCUT2D eigenvalue weighted by molar-refractivity contribution is -0.145. The molecule has 1 fully saturated rings. The van der Waals surface area contributed by atoms with Gasteiger partial charge in [0.15, 0.2) is 22.8 Å². The molecule has 1 atom stereocenters. The quantitative estimate of drug-likeness (QED) is 0.529. The van der Waals surface area contributed by atoms with E-state index in [0.29, 0.717) is 50.7 Å². The molecule has 10 heteroatoms. The average Bonchev–Trinajstić information content (AvgIpc) is 3.16. The zero-order chi connectivity index (χ0) is 24.0. The van der Waals surface area contributed by atoms with Crippen LogP contribution in [0.5, 0.6) is 23.0 Å². The molecule has 9 nitrogen and oxygen atoms in total. The van der Waals surface area contributed by atoms with Gasteiger partial charge in [-0.1, -0.05) is 13.0 Å². The molecule has 2 aromatic rings. The van der Waals surface area contributed by atoms with Gasteiger partial charge in [-0.25, -0.2) is 9.79 Å². The van der Waals surface area contributed by atoms with Crippen LogP contribution < -0.4 is 24.3 Å². The molecule has 174 valence electrons. The minimum atomic E-state index is -1.05. The van der Waals surface area contributed by atoms with Crippen LogP contribution >= 0.6 is 11.8 Å². The minimum Gasteiger partial charge on any atom is -0.497 e. The Morgan fingerprint density at radius 2 is 1.85 bits per heavy atom. The molecule has 1 heterocycles. The van der Waals surface area contributed by atoms with Crippen LogP contribution in [-0.2, 0) is 9.59 Å². The second-order valence-corrected chi connectivity index (χ2v) is 7.81. The number of thioether (sulfide) groups is 1. The van der Waals surface area contributed by atoms with Gasteiger partial charge < -0.3 is 29.4 Å². The molecule has 1 aliphatic rings. The van der Waals surface area contributed by atoms with Crippen molar-refractivity contribution in [1.82, 2.24) is 5.32 Å². The number of aliphatic carboxylic acids is 1. The summed E-state index contributed by atoms with van der Waals surface area (Å²) in [4.78, 5) is 28.6. The second kappa shape index (κ2) is 10.8. The zero-order valence-electron chi connectivity index (χ0n) is 18.6. The number of methoxy groups -OCH3 is 3. The fraction of sp³-hybridized carbons (Fsp3) is 0.261. The number of amidine groups is 1. The van der Waals surface area contributed by atoms with Gasteiger partial charge in [0.05, 0.1) is 26.2 Å². The standard InChI is InChI=1S/C23H24N2O7S/c1-5-16(22(27)28)32-17-9-6-13(10-19(17)31-4)11-20-21(26)25-23(33-20)24-15-8-7-14(29-2)12-18(15)30-3/h6-12,16H,5H2,1-4H3,(H,27,28)(H,24,25,26)/b20-11+. The number of hydrogen-bond donors (Lipinski definition) is 2. The highest BCUT2D eigenvalue weighted by atomic mass is 32.2. The first-order valence-corrected chi connectivity index (χ1v) is 10.8. The van der Waals surface area contributed by atoms with E-state index in [-0.39, 0.29) is 5.91 Å². The third-order valence-corrected chi connectivity index (χ3v) is 5.57. The predicted molar refractivity (Wildman–Crippen MR) is 126 cm³/mol. The van der Waals surface area contributed by atoms with Crippen molar-refractivity contribution in [3.05, 3.63) is 46.9 Å². The Bertz CT molecular complexity index is 1110. The molecule has 0 radical (unpaired) electrons. The Morgan fingerprint density at radius 1 is 1.09 bits per heavy atom. The predicted octanol–water partition coefficient (Wildman–Crippen LogP) is 3.85. The maximum absolute atomic E-state index is 12.5. The number of carboxylic acid groups (broad SMARTS) is 1. The molecular formula is C23H24N2O7S. The lowest BCUT2D eigenvalue weighted by Gasteiger charge is -2.16. The molecule has 0 aromatic heterocycles. The topological polar surface area (TPSA) is 116 Å². The molecular weight excluding hydrogens is 448 g/mol. The summed E-state index contributed by atoms with van der Waals surface area (Å²) in [5, 5.41) is 12.4. The van der Waals surface area contributed by atoms with Gasteiger partial charge in [-0.2, -0.15) is 0 Å². The van der Waals surface area contributed by atoms with Crippen molar-refractivity contribution in [2.45, 2.75) is 19.4 Å². The van der Waals surface area contributed by atoms with Crippen molar-refractivity contribution in [2.24, 2.45) is 4.99 Å². The van der Waals surface area contributed by atoms with E-state index in [0.717, 1.165) is 0 Å². The number of carboxylic acids is 1. The third kappa shape index (κ3) is 5.78. The number of carbonyl (C=O) groups excluding carboxylic acids is 1. The van der Waals surface area contributed by atoms with Gasteiger partial charge in [0.1, 0.15) is 17.2 Å². The number of aliphatic imine (C=N–C) groups is 1. The number of carbonyl (C=O) groups is 2. The summed E-state index contributed by atoms with van der Waals surface area (Å²) in [5.74, 6) is 0.485. The van der Waals surface area contributed by atoms with Crippen LogP contribution in [0.1, 0.15) is 18.9 Å². The largest absolute Gasteiger partial charge is 0.497 e. The maximum Gasteiger partial charge on any atom is 0.344 e. The number of hydrogen-bond acceptors (Lipinski definition) is 8. The molecule has 2 aromatic carbocycles. The van der Waals surface area contributed by atoms with E-state index in [1.807, 2.05) is 0 Å². The van der Waals surface area contributed by atoms with E-state index in [4.69, 9.17) is 18.9 Å². The van der Waals surface area contributed by atoms with Crippen LogP contribution in [-0.4, -0.2) is 49.6 Å². The molecule has 3 rings (SSSR count). The summed E-state index contributed by atoms with van der Waals surface area (Å²) >= 11 is 1.19. The molecule has 0 saturated carbocycles. The molecule has 1 saturated heterocycles. The Morgan fingerprint density at radius 3 is 2.48 bits per heavy atom. The fourth-order valence-electron chi connectivity index (χ4n) is 2.95. The highest BCUT2D eigenvalue weighted by Gasteiger charge is 2.25. The van der Waals surface area contributed by atoms with Crippen LogP contribution in [0.4, 0.5) is 5.69 Å². The van der Waals surface area contributed by atoms with E-state index in [9.17, 15) is 14.7 Å². The van der Waals surface area contributed by atoms with Gasteiger partial charge in [0.2, 0.25) is 0 Å². The molecule has 1 unspecified atom stereocenters. The second-order valence-electron chi connectivity index (χ2n) is 6.78. The smallest absolute Gasteiger partial charge is 0.344 e. The van der Waals surface area contributed by atoms with Crippen molar-refractivity contribution in [2.75, 3.05) is 21.3 Å². The van der Waals surface area contributed by atoms with Gasteiger partial charge in [0, 0.05) is 6.07 Å². The Labute approximate surface area is 195 Å². The van der Waals surface area contributed by atoms with Crippen molar-refractivity contribution in [3.63, 3.8) is 0 Å². The van der Waals surface area contributed by atoms with Crippen LogP contribution in [0.15, 0.2) is 46.3 Å². The summed E-state index contributed by atoms with van der Waals surface area (Å²) in [7, 11) is 4.56. The molecule has 1 amide bonds. The van der Waals surface area contributed by atoms with Gasteiger partial charge in [-0.3, -0.25) is 4.79 Å². The molecule has 1 aliphatic heterocycles. The maximum atomic E-state index is 12.5. The summed E-state index contributed by atoms with van der Waals surface area (Å²) in [6, 6.07) is 10.2. The van der Waals surface area contributed by atoms with Gasteiger partial charge >= 0.3 is 5.97 Å². The summed E-state index contributed by atoms with van der Waals surface area (Å²) < 4.78 is 21.4. The molecule has 33 heavy (non-hydrogen) atoms. The van der Waals surface area contributed by atoms with Crippen LogP contribution in [0.3, 0.4) is 0 Å². The number of rotatable bonds is 9.